The lowest BCUT2D eigenvalue weighted by molar-refractivity contribution is 0.101. The number of aromatic nitrogens is 2. The fourth-order valence-electron chi connectivity index (χ4n) is 4.15. The van der Waals surface area contributed by atoms with E-state index in [0.717, 1.165) is 16.3 Å². The standard InChI is InChI=1S/C28H22FN3O3S/c1-18-15-26(32(31-18)24-14-10-20-16-22(29)11-7-21(20)17-24)28(33)30-23-12-8-19(9-13-23)25-5-3-4-6-27(25)36(2,34)35/h3-17H,1-2H3,(H,30,33). The van der Waals surface area contributed by atoms with E-state index in [0.29, 0.717) is 28.3 Å². The summed E-state index contributed by atoms with van der Waals surface area (Å²) in [5.74, 6) is -0.657. The van der Waals surface area contributed by atoms with Crippen LogP contribution < -0.4 is 5.32 Å². The van der Waals surface area contributed by atoms with Gasteiger partial charge in [-0.05, 0) is 71.8 Å². The van der Waals surface area contributed by atoms with Crippen molar-refractivity contribution in [3.05, 3.63) is 108 Å². The van der Waals surface area contributed by atoms with Crippen molar-refractivity contribution in [1.29, 1.82) is 0 Å². The minimum atomic E-state index is -3.39. The van der Waals surface area contributed by atoms with Gasteiger partial charge in [0.05, 0.1) is 16.3 Å². The molecule has 0 spiro atoms. The van der Waals surface area contributed by atoms with Crippen LogP contribution in [-0.4, -0.2) is 30.4 Å². The quantitative estimate of drug-likeness (QED) is 0.332. The van der Waals surface area contributed by atoms with Crippen LogP contribution in [0.5, 0.6) is 0 Å². The monoisotopic (exact) mass is 499 g/mol. The summed E-state index contributed by atoms with van der Waals surface area (Å²) in [7, 11) is -3.39. The van der Waals surface area contributed by atoms with E-state index in [2.05, 4.69) is 10.4 Å². The number of carbonyl (C=O) groups excluding carboxylic acids is 1. The Morgan fingerprint density at radius 2 is 1.58 bits per heavy atom. The maximum atomic E-state index is 13.5. The molecule has 0 bridgehead atoms. The van der Waals surface area contributed by atoms with Gasteiger partial charge in [0, 0.05) is 17.5 Å². The Kier molecular flexibility index (Phi) is 5.89. The SMILES string of the molecule is Cc1cc(C(=O)Nc2ccc(-c3ccccc3S(C)(=O)=O)cc2)n(-c2ccc3cc(F)ccc3c2)n1. The summed E-state index contributed by atoms with van der Waals surface area (Å²) < 4.78 is 39.4. The Morgan fingerprint density at radius 1 is 0.889 bits per heavy atom. The highest BCUT2D eigenvalue weighted by Gasteiger charge is 2.17. The van der Waals surface area contributed by atoms with Crippen molar-refractivity contribution >= 4 is 32.2 Å². The first-order valence-electron chi connectivity index (χ1n) is 11.2. The van der Waals surface area contributed by atoms with Crippen molar-refractivity contribution in [1.82, 2.24) is 9.78 Å². The van der Waals surface area contributed by atoms with Crippen LogP contribution in [0.1, 0.15) is 16.2 Å². The van der Waals surface area contributed by atoms with E-state index in [1.165, 1.54) is 18.4 Å². The van der Waals surface area contributed by atoms with E-state index < -0.39 is 9.84 Å². The van der Waals surface area contributed by atoms with Gasteiger partial charge in [0.2, 0.25) is 0 Å². The molecule has 1 amide bonds. The third-order valence-electron chi connectivity index (χ3n) is 5.83. The maximum Gasteiger partial charge on any atom is 0.274 e. The lowest BCUT2D eigenvalue weighted by Gasteiger charge is -2.11. The molecule has 36 heavy (non-hydrogen) atoms. The van der Waals surface area contributed by atoms with Gasteiger partial charge >= 0.3 is 0 Å². The van der Waals surface area contributed by atoms with Gasteiger partial charge in [-0.3, -0.25) is 4.79 Å². The van der Waals surface area contributed by atoms with Crippen LogP contribution in [0.3, 0.4) is 0 Å². The number of benzene rings is 4. The summed E-state index contributed by atoms with van der Waals surface area (Å²) in [5, 5.41) is 8.95. The number of hydrogen-bond donors (Lipinski definition) is 1. The predicted molar refractivity (Wildman–Crippen MR) is 139 cm³/mol. The number of fused-ring (bicyclic) bond motifs is 1. The van der Waals surface area contributed by atoms with Gasteiger partial charge < -0.3 is 5.32 Å². The molecule has 0 aliphatic rings. The number of rotatable bonds is 5. The van der Waals surface area contributed by atoms with Gasteiger partial charge in [0.15, 0.2) is 9.84 Å². The first-order valence-corrected chi connectivity index (χ1v) is 13.1. The summed E-state index contributed by atoms with van der Waals surface area (Å²) in [6.45, 7) is 1.80. The molecule has 1 N–H and O–H groups in total. The number of nitrogens with one attached hydrogen (secondary N) is 1. The summed E-state index contributed by atoms with van der Waals surface area (Å²) in [6.07, 6.45) is 1.18. The molecule has 180 valence electrons. The van der Waals surface area contributed by atoms with E-state index in [9.17, 15) is 17.6 Å². The van der Waals surface area contributed by atoms with E-state index in [-0.39, 0.29) is 16.6 Å². The molecule has 0 aliphatic carbocycles. The predicted octanol–water partition coefficient (Wildman–Crippen LogP) is 5.80. The van der Waals surface area contributed by atoms with E-state index in [1.807, 2.05) is 6.07 Å². The highest BCUT2D eigenvalue weighted by Crippen LogP contribution is 2.28. The molecule has 0 unspecified atom stereocenters. The van der Waals surface area contributed by atoms with Crippen molar-refractivity contribution in [3.8, 4) is 16.8 Å². The van der Waals surface area contributed by atoms with Gasteiger partial charge in [0.1, 0.15) is 11.5 Å². The number of amides is 1. The second-order valence-corrected chi connectivity index (χ2v) is 10.5. The van der Waals surface area contributed by atoms with Crippen molar-refractivity contribution in [2.45, 2.75) is 11.8 Å². The minimum absolute atomic E-state index is 0.249. The average molecular weight is 500 g/mol. The molecule has 1 heterocycles. The first-order chi connectivity index (χ1) is 17.2. The van der Waals surface area contributed by atoms with Crippen LogP contribution in [0.4, 0.5) is 10.1 Å². The van der Waals surface area contributed by atoms with Gasteiger partial charge in [0.25, 0.3) is 5.91 Å². The highest BCUT2D eigenvalue weighted by atomic mass is 32.2. The Labute approximate surface area is 207 Å². The summed E-state index contributed by atoms with van der Waals surface area (Å²) in [6, 6.07) is 25.5. The van der Waals surface area contributed by atoms with Crippen LogP contribution in [0, 0.1) is 12.7 Å². The van der Waals surface area contributed by atoms with Gasteiger partial charge in [-0.25, -0.2) is 17.5 Å². The fraction of sp³-hybridized carbons (Fsp3) is 0.0714. The molecule has 5 aromatic rings. The first kappa shape index (κ1) is 23.4. The molecule has 5 rings (SSSR count). The Hall–Kier alpha value is -4.30. The lowest BCUT2D eigenvalue weighted by Crippen LogP contribution is -2.17. The van der Waals surface area contributed by atoms with Gasteiger partial charge in [-0.1, -0.05) is 42.5 Å². The molecule has 0 aliphatic heterocycles. The number of anilines is 1. The van der Waals surface area contributed by atoms with Crippen molar-refractivity contribution in [2.75, 3.05) is 11.6 Å². The number of hydrogen-bond acceptors (Lipinski definition) is 4. The third-order valence-corrected chi connectivity index (χ3v) is 6.99. The molecule has 0 radical (unpaired) electrons. The van der Waals surface area contributed by atoms with Crippen LogP contribution in [0.15, 0.2) is 95.9 Å². The maximum absolute atomic E-state index is 13.5. The zero-order valence-corrected chi connectivity index (χ0v) is 20.4. The average Bonchev–Trinajstić information content (AvgIpc) is 3.25. The number of nitrogens with zero attached hydrogens (tertiary/aromatic N) is 2. The normalized spacial score (nSPS) is 11.5. The van der Waals surface area contributed by atoms with Crippen LogP contribution >= 0.6 is 0 Å². The molecule has 0 saturated heterocycles. The number of halogens is 1. The molecular weight excluding hydrogens is 477 g/mol. The van der Waals surface area contributed by atoms with E-state index in [1.54, 1.807) is 84.4 Å². The minimum Gasteiger partial charge on any atom is -0.321 e. The molecule has 6 nitrogen and oxygen atoms in total. The fourth-order valence-corrected chi connectivity index (χ4v) is 5.06. The molecule has 0 atom stereocenters. The highest BCUT2D eigenvalue weighted by molar-refractivity contribution is 7.90. The molecule has 0 fully saturated rings. The van der Waals surface area contributed by atoms with Crippen molar-refractivity contribution in [3.63, 3.8) is 0 Å². The second-order valence-electron chi connectivity index (χ2n) is 8.56. The molecule has 8 heteroatoms. The Balaban J connectivity index is 1.42. The lowest BCUT2D eigenvalue weighted by atomic mass is 10.1. The zero-order chi connectivity index (χ0) is 25.4. The van der Waals surface area contributed by atoms with Gasteiger partial charge in [-0.2, -0.15) is 5.10 Å². The Bertz CT molecular complexity index is 1730. The number of aryl methyl sites for hydroxylation is 1. The topological polar surface area (TPSA) is 81.1 Å². The van der Waals surface area contributed by atoms with Crippen LogP contribution in [0.2, 0.25) is 0 Å². The summed E-state index contributed by atoms with van der Waals surface area (Å²) in [4.78, 5) is 13.4. The van der Waals surface area contributed by atoms with E-state index in [4.69, 9.17) is 0 Å². The van der Waals surface area contributed by atoms with Gasteiger partial charge in [-0.15, -0.1) is 0 Å². The summed E-state index contributed by atoms with van der Waals surface area (Å²) >= 11 is 0. The molecule has 1 aromatic heterocycles. The molecular formula is C28H22FN3O3S. The van der Waals surface area contributed by atoms with Crippen molar-refractivity contribution < 1.29 is 17.6 Å². The Morgan fingerprint density at radius 3 is 2.33 bits per heavy atom. The molecule has 0 saturated carbocycles. The second kappa shape index (κ2) is 9.05. The van der Waals surface area contributed by atoms with E-state index >= 15 is 0 Å². The largest absolute Gasteiger partial charge is 0.321 e. The van der Waals surface area contributed by atoms with Crippen LogP contribution in [0.25, 0.3) is 27.6 Å². The van der Waals surface area contributed by atoms with Crippen LogP contribution in [-0.2, 0) is 9.84 Å². The summed E-state index contributed by atoms with van der Waals surface area (Å²) in [5.41, 5.74) is 3.58. The van der Waals surface area contributed by atoms with Crippen molar-refractivity contribution in [2.24, 2.45) is 0 Å². The smallest absolute Gasteiger partial charge is 0.274 e. The number of carbonyl (C=O) groups is 1. The number of sulfone groups is 1. The zero-order valence-electron chi connectivity index (χ0n) is 19.6. The molecule has 4 aromatic carbocycles. The third kappa shape index (κ3) is 4.63.